The van der Waals surface area contributed by atoms with E-state index in [4.69, 9.17) is 4.74 Å². The van der Waals surface area contributed by atoms with E-state index in [0.717, 1.165) is 18.7 Å². The lowest BCUT2D eigenvalue weighted by Gasteiger charge is -2.09. The summed E-state index contributed by atoms with van der Waals surface area (Å²) in [4.78, 5) is 0. The number of nitrogens with zero attached hydrogens (tertiary/aromatic N) is 1. The first kappa shape index (κ1) is 13.7. The van der Waals surface area contributed by atoms with Crippen LogP contribution in [0.2, 0.25) is 0 Å². The molecule has 0 bridgehead atoms. The van der Waals surface area contributed by atoms with Crippen molar-refractivity contribution in [2.75, 3.05) is 6.61 Å². The highest BCUT2D eigenvalue weighted by Gasteiger charge is 2.02. The van der Waals surface area contributed by atoms with Gasteiger partial charge in [0.15, 0.2) is 0 Å². The maximum Gasteiger partial charge on any atom is 0.119 e. The van der Waals surface area contributed by atoms with Crippen molar-refractivity contribution in [1.82, 2.24) is 4.57 Å². The summed E-state index contributed by atoms with van der Waals surface area (Å²) in [5.41, 5.74) is 3.89. The third-order valence-corrected chi connectivity index (χ3v) is 3.83. The second kappa shape index (κ2) is 6.04. The van der Waals surface area contributed by atoms with E-state index in [1.807, 2.05) is 12.1 Å². The molecule has 0 amide bonds. The first-order valence-electron chi connectivity index (χ1n) is 7.53. The molecule has 0 N–H and O–H groups in total. The zero-order valence-electron chi connectivity index (χ0n) is 12.7. The molecule has 0 aliphatic carbocycles. The fourth-order valence-electron chi connectivity index (χ4n) is 2.63. The third-order valence-electron chi connectivity index (χ3n) is 3.83. The van der Waals surface area contributed by atoms with Gasteiger partial charge in [-0.2, -0.15) is 0 Å². The van der Waals surface area contributed by atoms with E-state index in [1.165, 1.54) is 22.0 Å². The molecule has 0 saturated heterocycles. The molecule has 0 unspecified atom stereocenters. The second-order valence-electron chi connectivity index (χ2n) is 5.42. The van der Waals surface area contributed by atoms with Gasteiger partial charge in [0.1, 0.15) is 12.4 Å². The highest BCUT2D eigenvalue weighted by atomic mass is 16.5. The maximum absolute atomic E-state index is 5.83. The number of aromatic nitrogens is 1. The summed E-state index contributed by atoms with van der Waals surface area (Å²) in [6.45, 7) is 5.82. The first-order valence-corrected chi connectivity index (χ1v) is 7.53. The van der Waals surface area contributed by atoms with Gasteiger partial charge in [0.2, 0.25) is 0 Å². The van der Waals surface area contributed by atoms with Crippen molar-refractivity contribution in [2.45, 2.75) is 26.8 Å². The molecule has 0 radical (unpaired) electrons. The summed E-state index contributed by atoms with van der Waals surface area (Å²) in [5, 5.41) is 1.31. The first-order chi connectivity index (χ1) is 10.3. The molecule has 0 fully saturated rings. The van der Waals surface area contributed by atoms with Gasteiger partial charge in [0.25, 0.3) is 0 Å². The quantitative estimate of drug-likeness (QED) is 0.666. The molecular formula is C19H21NO. The van der Waals surface area contributed by atoms with Crippen LogP contribution in [0.4, 0.5) is 0 Å². The Morgan fingerprint density at radius 1 is 1.05 bits per heavy atom. The van der Waals surface area contributed by atoms with Gasteiger partial charge >= 0.3 is 0 Å². The summed E-state index contributed by atoms with van der Waals surface area (Å²) in [5.74, 6) is 0.944. The molecule has 3 rings (SSSR count). The number of ether oxygens (including phenoxy) is 1. The fraction of sp³-hybridized carbons (Fsp3) is 0.263. The van der Waals surface area contributed by atoms with Gasteiger partial charge in [0, 0.05) is 11.7 Å². The summed E-state index contributed by atoms with van der Waals surface area (Å²) in [6.07, 6.45) is 3.22. The van der Waals surface area contributed by atoms with Gasteiger partial charge in [0.05, 0.1) is 6.54 Å². The molecule has 0 spiro atoms. The molecule has 0 aliphatic heterocycles. The van der Waals surface area contributed by atoms with Gasteiger partial charge < -0.3 is 9.30 Å². The lowest BCUT2D eigenvalue weighted by molar-refractivity contribution is 0.300. The molecule has 0 aliphatic rings. The van der Waals surface area contributed by atoms with E-state index in [2.05, 4.69) is 61.0 Å². The second-order valence-corrected chi connectivity index (χ2v) is 5.42. The fourth-order valence-corrected chi connectivity index (χ4v) is 2.63. The minimum Gasteiger partial charge on any atom is -0.492 e. The molecule has 0 atom stereocenters. The van der Waals surface area contributed by atoms with Crippen LogP contribution in [0.5, 0.6) is 5.75 Å². The Morgan fingerprint density at radius 2 is 1.95 bits per heavy atom. The smallest absolute Gasteiger partial charge is 0.119 e. The number of hydrogen-bond acceptors (Lipinski definition) is 1. The van der Waals surface area contributed by atoms with Crippen molar-refractivity contribution in [3.63, 3.8) is 0 Å². The Hall–Kier alpha value is -2.22. The third kappa shape index (κ3) is 3.10. The highest BCUT2D eigenvalue weighted by molar-refractivity contribution is 5.80. The van der Waals surface area contributed by atoms with Crippen LogP contribution >= 0.6 is 0 Å². The standard InChI is InChI=1S/C19H21NO/c1-3-16-7-8-19-17(14-16)9-10-20(19)11-12-21-18-6-4-5-15(2)13-18/h4-10,13-14H,3,11-12H2,1-2H3. The topological polar surface area (TPSA) is 14.2 Å². The van der Waals surface area contributed by atoms with Crippen molar-refractivity contribution in [2.24, 2.45) is 0 Å². The van der Waals surface area contributed by atoms with Gasteiger partial charge in [-0.25, -0.2) is 0 Å². The lowest BCUT2D eigenvalue weighted by Crippen LogP contribution is -2.07. The van der Waals surface area contributed by atoms with Crippen LogP contribution in [0.3, 0.4) is 0 Å². The van der Waals surface area contributed by atoms with E-state index in [1.54, 1.807) is 0 Å². The van der Waals surface area contributed by atoms with Crippen molar-refractivity contribution in [3.8, 4) is 5.75 Å². The van der Waals surface area contributed by atoms with Crippen LogP contribution in [0.1, 0.15) is 18.1 Å². The largest absolute Gasteiger partial charge is 0.492 e. The zero-order valence-corrected chi connectivity index (χ0v) is 12.7. The molecule has 1 heterocycles. The van der Waals surface area contributed by atoms with Crippen LogP contribution < -0.4 is 4.74 Å². The Labute approximate surface area is 126 Å². The average molecular weight is 279 g/mol. The van der Waals surface area contributed by atoms with E-state index < -0.39 is 0 Å². The van der Waals surface area contributed by atoms with Crippen LogP contribution in [-0.2, 0) is 13.0 Å². The van der Waals surface area contributed by atoms with E-state index in [-0.39, 0.29) is 0 Å². The van der Waals surface area contributed by atoms with Crippen LogP contribution in [0, 0.1) is 6.92 Å². The Kier molecular flexibility index (Phi) is 3.96. The molecule has 2 nitrogen and oxygen atoms in total. The van der Waals surface area contributed by atoms with E-state index in [0.29, 0.717) is 6.61 Å². The molecule has 3 aromatic rings. The molecule has 0 saturated carbocycles. The van der Waals surface area contributed by atoms with Crippen molar-refractivity contribution in [1.29, 1.82) is 0 Å². The summed E-state index contributed by atoms with van der Waals surface area (Å²) < 4.78 is 8.09. The van der Waals surface area contributed by atoms with Crippen molar-refractivity contribution >= 4 is 10.9 Å². The monoisotopic (exact) mass is 279 g/mol. The Balaban J connectivity index is 1.68. The normalized spacial score (nSPS) is 11.0. The van der Waals surface area contributed by atoms with Crippen molar-refractivity contribution < 1.29 is 4.74 Å². The van der Waals surface area contributed by atoms with Gasteiger partial charge in [-0.05, 0) is 60.2 Å². The molecule has 1 aromatic heterocycles. The summed E-state index contributed by atoms with van der Waals surface area (Å²) >= 11 is 0. The summed E-state index contributed by atoms with van der Waals surface area (Å²) in [6, 6.07) is 17.1. The van der Waals surface area contributed by atoms with Gasteiger partial charge in [-0.15, -0.1) is 0 Å². The molecule has 21 heavy (non-hydrogen) atoms. The van der Waals surface area contributed by atoms with E-state index >= 15 is 0 Å². The number of fused-ring (bicyclic) bond motifs is 1. The molecular weight excluding hydrogens is 258 g/mol. The van der Waals surface area contributed by atoms with Crippen LogP contribution in [-0.4, -0.2) is 11.2 Å². The Morgan fingerprint density at radius 3 is 2.76 bits per heavy atom. The predicted molar refractivity (Wildman–Crippen MR) is 88.0 cm³/mol. The zero-order chi connectivity index (χ0) is 14.7. The lowest BCUT2D eigenvalue weighted by atomic mass is 10.1. The minimum absolute atomic E-state index is 0.683. The number of hydrogen-bond donors (Lipinski definition) is 0. The number of rotatable bonds is 5. The van der Waals surface area contributed by atoms with Crippen molar-refractivity contribution in [3.05, 3.63) is 65.9 Å². The van der Waals surface area contributed by atoms with Crippen LogP contribution in [0.15, 0.2) is 54.7 Å². The molecule has 2 heteroatoms. The predicted octanol–water partition coefficient (Wildman–Crippen LogP) is 4.59. The molecule has 108 valence electrons. The molecule has 2 aromatic carbocycles. The maximum atomic E-state index is 5.83. The Bertz CT molecular complexity index is 742. The van der Waals surface area contributed by atoms with Gasteiger partial charge in [-0.3, -0.25) is 0 Å². The van der Waals surface area contributed by atoms with Crippen LogP contribution in [0.25, 0.3) is 10.9 Å². The minimum atomic E-state index is 0.683. The number of aryl methyl sites for hydroxylation is 2. The van der Waals surface area contributed by atoms with Gasteiger partial charge in [-0.1, -0.05) is 25.1 Å². The highest BCUT2D eigenvalue weighted by Crippen LogP contribution is 2.18. The SMILES string of the molecule is CCc1ccc2c(ccn2CCOc2cccc(C)c2)c1. The number of benzene rings is 2. The average Bonchev–Trinajstić information content (AvgIpc) is 2.90. The van der Waals surface area contributed by atoms with E-state index in [9.17, 15) is 0 Å². The summed E-state index contributed by atoms with van der Waals surface area (Å²) in [7, 11) is 0.